The Labute approximate surface area is 92.4 Å². The first kappa shape index (κ1) is 10.8. The van der Waals surface area contributed by atoms with E-state index in [1.54, 1.807) is 16.9 Å². The van der Waals surface area contributed by atoms with Crippen molar-refractivity contribution in [2.75, 3.05) is 0 Å². The molecule has 0 bridgehead atoms. The molecular formula is C11H12FN3O. The summed E-state index contributed by atoms with van der Waals surface area (Å²) in [7, 11) is 0. The van der Waals surface area contributed by atoms with Crippen LogP contribution in [0.25, 0.3) is 11.3 Å². The van der Waals surface area contributed by atoms with Crippen molar-refractivity contribution in [2.45, 2.75) is 20.1 Å². The molecule has 2 aromatic rings. The van der Waals surface area contributed by atoms with Crippen LogP contribution in [-0.2, 0) is 13.2 Å². The Morgan fingerprint density at radius 3 is 2.94 bits per heavy atom. The zero-order valence-electron chi connectivity index (χ0n) is 8.89. The number of aliphatic hydroxyl groups excluding tert-OH is 1. The van der Waals surface area contributed by atoms with Crippen molar-refractivity contribution < 1.29 is 9.50 Å². The number of aromatic nitrogens is 3. The van der Waals surface area contributed by atoms with Gasteiger partial charge < -0.3 is 5.11 Å². The van der Waals surface area contributed by atoms with Crippen LogP contribution in [0.5, 0.6) is 0 Å². The van der Waals surface area contributed by atoms with Gasteiger partial charge in [-0.2, -0.15) is 5.10 Å². The van der Waals surface area contributed by atoms with E-state index in [4.69, 9.17) is 5.11 Å². The maximum atomic E-state index is 13.4. The Balaban J connectivity index is 2.45. The zero-order chi connectivity index (χ0) is 11.5. The molecule has 0 saturated heterocycles. The number of halogens is 1. The van der Waals surface area contributed by atoms with Gasteiger partial charge in [-0.3, -0.25) is 9.67 Å². The van der Waals surface area contributed by atoms with E-state index in [9.17, 15) is 4.39 Å². The maximum absolute atomic E-state index is 13.4. The van der Waals surface area contributed by atoms with E-state index in [0.717, 1.165) is 5.69 Å². The van der Waals surface area contributed by atoms with Gasteiger partial charge in [0.2, 0.25) is 0 Å². The minimum atomic E-state index is -0.496. The third-order valence-electron chi connectivity index (χ3n) is 2.38. The van der Waals surface area contributed by atoms with E-state index in [-0.39, 0.29) is 12.3 Å². The summed E-state index contributed by atoms with van der Waals surface area (Å²) in [6, 6.07) is 3.17. The molecule has 0 aliphatic carbocycles. The average Bonchev–Trinajstić information content (AvgIpc) is 2.77. The number of nitrogens with zero attached hydrogens (tertiary/aromatic N) is 3. The minimum absolute atomic E-state index is 0.0614. The van der Waals surface area contributed by atoms with Crippen molar-refractivity contribution >= 4 is 0 Å². The summed E-state index contributed by atoms with van der Waals surface area (Å²) in [6.07, 6.45) is 3.20. The fourth-order valence-electron chi connectivity index (χ4n) is 1.55. The van der Waals surface area contributed by atoms with Gasteiger partial charge in [-0.15, -0.1) is 0 Å². The predicted octanol–water partition coefficient (Wildman–Crippen LogP) is 1.60. The number of rotatable bonds is 3. The summed E-state index contributed by atoms with van der Waals surface area (Å²) in [4.78, 5) is 3.86. The molecule has 0 atom stereocenters. The van der Waals surface area contributed by atoms with Crippen LogP contribution in [0.3, 0.4) is 0 Å². The number of hydrogen-bond acceptors (Lipinski definition) is 3. The standard InChI is InChI=1S/C11H12FN3O/c1-2-15-11(3-4-14-15)8-5-9(12)10(7-16)13-6-8/h3-6,16H,2,7H2,1H3. The monoisotopic (exact) mass is 221 g/mol. The van der Waals surface area contributed by atoms with Gasteiger partial charge in [-0.1, -0.05) is 0 Å². The first-order chi connectivity index (χ1) is 7.76. The molecule has 16 heavy (non-hydrogen) atoms. The zero-order valence-corrected chi connectivity index (χ0v) is 8.89. The smallest absolute Gasteiger partial charge is 0.147 e. The number of pyridine rings is 1. The van der Waals surface area contributed by atoms with Gasteiger partial charge >= 0.3 is 0 Å². The topological polar surface area (TPSA) is 50.9 Å². The molecule has 0 saturated carbocycles. The molecule has 2 heterocycles. The van der Waals surface area contributed by atoms with Crippen LogP contribution in [0.1, 0.15) is 12.6 Å². The molecule has 5 heteroatoms. The highest BCUT2D eigenvalue weighted by molar-refractivity contribution is 5.58. The van der Waals surface area contributed by atoms with E-state index < -0.39 is 5.82 Å². The van der Waals surface area contributed by atoms with E-state index in [1.807, 2.05) is 6.92 Å². The van der Waals surface area contributed by atoms with Crippen molar-refractivity contribution in [3.63, 3.8) is 0 Å². The third-order valence-corrected chi connectivity index (χ3v) is 2.38. The SMILES string of the molecule is CCn1nccc1-c1cnc(CO)c(F)c1. The van der Waals surface area contributed by atoms with Gasteiger partial charge in [0.1, 0.15) is 11.5 Å². The Morgan fingerprint density at radius 1 is 1.50 bits per heavy atom. The molecule has 0 radical (unpaired) electrons. The van der Waals surface area contributed by atoms with Crippen molar-refractivity contribution in [1.29, 1.82) is 0 Å². The van der Waals surface area contributed by atoms with Crippen molar-refractivity contribution in [1.82, 2.24) is 14.8 Å². The number of hydrogen-bond donors (Lipinski definition) is 1. The number of aryl methyl sites for hydroxylation is 1. The Morgan fingerprint density at radius 2 is 2.31 bits per heavy atom. The second-order valence-corrected chi connectivity index (χ2v) is 3.34. The molecule has 0 spiro atoms. The van der Waals surface area contributed by atoms with Crippen molar-refractivity contribution in [2.24, 2.45) is 0 Å². The molecule has 0 aliphatic rings. The lowest BCUT2D eigenvalue weighted by Gasteiger charge is -2.05. The summed E-state index contributed by atoms with van der Waals surface area (Å²) in [5.41, 5.74) is 1.54. The molecule has 0 unspecified atom stereocenters. The maximum Gasteiger partial charge on any atom is 0.147 e. The second-order valence-electron chi connectivity index (χ2n) is 3.34. The van der Waals surface area contributed by atoms with E-state index in [2.05, 4.69) is 10.1 Å². The molecule has 0 amide bonds. The lowest BCUT2D eigenvalue weighted by atomic mass is 10.2. The third kappa shape index (κ3) is 1.81. The lowest BCUT2D eigenvalue weighted by molar-refractivity contribution is 0.270. The van der Waals surface area contributed by atoms with Crippen LogP contribution < -0.4 is 0 Å². The van der Waals surface area contributed by atoms with Crippen LogP contribution in [0.15, 0.2) is 24.5 Å². The van der Waals surface area contributed by atoms with Crippen LogP contribution >= 0.6 is 0 Å². The molecule has 4 nitrogen and oxygen atoms in total. The van der Waals surface area contributed by atoms with E-state index in [1.165, 1.54) is 12.3 Å². The van der Waals surface area contributed by atoms with Crippen molar-refractivity contribution in [3.8, 4) is 11.3 Å². The molecule has 2 rings (SSSR count). The molecule has 1 N–H and O–H groups in total. The largest absolute Gasteiger partial charge is 0.390 e. The summed E-state index contributed by atoms with van der Waals surface area (Å²) < 4.78 is 15.2. The Bertz CT molecular complexity index is 496. The lowest BCUT2D eigenvalue weighted by Crippen LogP contribution is -2.01. The molecular weight excluding hydrogens is 209 g/mol. The van der Waals surface area contributed by atoms with Gasteiger partial charge in [0, 0.05) is 24.5 Å². The molecule has 84 valence electrons. The fraction of sp³-hybridized carbons (Fsp3) is 0.273. The molecule has 0 fully saturated rings. The fourth-order valence-corrected chi connectivity index (χ4v) is 1.55. The van der Waals surface area contributed by atoms with Crippen LogP contribution in [0.2, 0.25) is 0 Å². The average molecular weight is 221 g/mol. The second kappa shape index (κ2) is 4.40. The summed E-state index contributed by atoms with van der Waals surface area (Å²) in [6.45, 7) is 2.28. The number of aliphatic hydroxyl groups is 1. The summed E-state index contributed by atoms with van der Waals surface area (Å²) in [5.74, 6) is -0.496. The van der Waals surface area contributed by atoms with Crippen LogP contribution in [0.4, 0.5) is 4.39 Å². The van der Waals surface area contributed by atoms with E-state index in [0.29, 0.717) is 12.1 Å². The Kier molecular flexibility index (Phi) is 2.96. The van der Waals surface area contributed by atoms with Crippen LogP contribution in [-0.4, -0.2) is 19.9 Å². The molecule has 2 aromatic heterocycles. The molecule has 0 aliphatic heterocycles. The first-order valence-electron chi connectivity index (χ1n) is 5.03. The predicted molar refractivity (Wildman–Crippen MR) is 57.0 cm³/mol. The highest BCUT2D eigenvalue weighted by atomic mass is 19.1. The van der Waals surface area contributed by atoms with Gasteiger partial charge in [0.05, 0.1) is 12.3 Å². The van der Waals surface area contributed by atoms with Gasteiger partial charge in [-0.25, -0.2) is 4.39 Å². The summed E-state index contributed by atoms with van der Waals surface area (Å²) >= 11 is 0. The van der Waals surface area contributed by atoms with E-state index >= 15 is 0 Å². The van der Waals surface area contributed by atoms with Gasteiger partial charge in [-0.05, 0) is 19.1 Å². The van der Waals surface area contributed by atoms with Crippen LogP contribution in [0, 0.1) is 5.82 Å². The van der Waals surface area contributed by atoms with Crippen molar-refractivity contribution in [3.05, 3.63) is 36.0 Å². The highest BCUT2D eigenvalue weighted by Gasteiger charge is 2.08. The quantitative estimate of drug-likeness (QED) is 0.856. The normalized spacial score (nSPS) is 10.7. The summed E-state index contributed by atoms with van der Waals surface area (Å²) in [5, 5.41) is 12.9. The highest BCUT2D eigenvalue weighted by Crippen LogP contribution is 2.20. The van der Waals surface area contributed by atoms with Gasteiger partial charge in [0.25, 0.3) is 0 Å². The molecule has 0 aromatic carbocycles. The Hall–Kier alpha value is -1.75. The first-order valence-corrected chi connectivity index (χ1v) is 5.03. The minimum Gasteiger partial charge on any atom is -0.390 e. The van der Waals surface area contributed by atoms with Gasteiger partial charge in [0.15, 0.2) is 0 Å².